The van der Waals surface area contributed by atoms with Gasteiger partial charge in [-0.15, -0.1) is 0 Å². The van der Waals surface area contributed by atoms with Gasteiger partial charge in [0, 0.05) is 18.5 Å². The summed E-state index contributed by atoms with van der Waals surface area (Å²) in [6, 6.07) is 7.63. The first-order valence-electron chi connectivity index (χ1n) is 6.33. The molecule has 4 heteroatoms. The largest absolute Gasteiger partial charge is 0.375 e. The maximum Gasteiger partial charge on any atom is 0.255 e. The molecule has 1 aromatic rings. The minimum Gasteiger partial charge on any atom is -0.375 e. The summed E-state index contributed by atoms with van der Waals surface area (Å²) in [5.74, 6) is 0.00190. The molecule has 1 amide bonds. The third kappa shape index (κ3) is 1.86. The fourth-order valence-corrected chi connectivity index (χ4v) is 2.94. The number of benzene rings is 1. The summed E-state index contributed by atoms with van der Waals surface area (Å²) in [6.07, 6.45) is 1.55. The molecule has 96 valence electrons. The molecule has 0 unspecified atom stereocenters. The predicted octanol–water partition coefficient (Wildman–Crippen LogP) is 2.13. The third-order valence-corrected chi connectivity index (χ3v) is 3.65. The highest BCUT2D eigenvalue weighted by atomic mass is 16.5. The standard InChI is InChI=1S/C14H18N2O2/c1-13(2)9-14(7-8-18-13)15-11-6-4-3-5-10(11)12(17)16-14/h3-6,15H,7-9H2,1-2H3,(H,16,17)/t14-/m1/s1. The summed E-state index contributed by atoms with van der Waals surface area (Å²) < 4.78 is 5.72. The van der Waals surface area contributed by atoms with E-state index >= 15 is 0 Å². The monoisotopic (exact) mass is 246 g/mol. The highest BCUT2D eigenvalue weighted by Crippen LogP contribution is 2.36. The fourth-order valence-electron chi connectivity index (χ4n) is 2.94. The van der Waals surface area contributed by atoms with Crippen LogP contribution in [0, 0.1) is 0 Å². The lowest BCUT2D eigenvalue weighted by atomic mass is 9.86. The Balaban J connectivity index is 1.96. The first-order chi connectivity index (χ1) is 8.50. The second-order valence-electron chi connectivity index (χ2n) is 5.74. The lowest BCUT2D eigenvalue weighted by Gasteiger charge is -2.48. The molecular weight excluding hydrogens is 228 g/mol. The molecule has 4 nitrogen and oxygen atoms in total. The topological polar surface area (TPSA) is 50.4 Å². The second-order valence-corrected chi connectivity index (χ2v) is 5.74. The zero-order chi connectivity index (χ0) is 12.8. The second kappa shape index (κ2) is 3.72. The van der Waals surface area contributed by atoms with Gasteiger partial charge in [0.2, 0.25) is 0 Å². The maximum atomic E-state index is 12.2. The number of fused-ring (bicyclic) bond motifs is 1. The summed E-state index contributed by atoms with van der Waals surface area (Å²) in [6.45, 7) is 4.77. The van der Waals surface area contributed by atoms with Gasteiger partial charge < -0.3 is 15.4 Å². The van der Waals surface area contributed by atoms with Crippen molar-refractivity contribution in [3.63, 3.8) is 0 Å². The Bertz CT molecular complexity index is 498. The van der Waals surface area contributed by atoms with Crippen LogP contribution in [0.1, 0.15) is 37.0 Å². The van der Waals surface area contributed by atoms with Crippen molar-refractivity contribution in [1.29, 1.82) is 0 Å². The molecule has 3 rings (SSSR count). The average Bonchev–Trinajstić information content (AvgIpc) is 2.27. The predicted molar refractivity (Wildman–Crippen MR) is 69.5 cm³/mol. The first kappa shape index (κ1) is 11.5. The number of nitrogens with one attached hydrogen (secondary N) is 2. The molecule has 1 saturated heterocycles. The van der Waals surface area contributed by atoms with Gasteiger partial charge in [-0.2, -0.15) is 0 Å². The van der Waals surface area contributed by atoms with E-state index in [1.807, 2.05) is 24.3 Å². The van der Waals surface area contributed by atoms with Crippen molar-refractivity contribution in [2.45, 2.75) is 38.0 Å². The van der Waals surface area contributed by atoms with Crippen molar-refractivity contribution in [3.05, 3.63) is 29.8 Å². The van der Waals surface area contributed by atoms with Crippen LogP contribution in [0.25, 0.3) is 0 Å². The van der Waals surface area contributed by atoms with E-state index in [1.54, 1.807) is 0 Å². The van der Waals surface area contributed by atoms with Gasteiger partial charge in [0.1, 0.15) is 5.66 Å². The van der Waals surface area contributed by atoms with Crippen molar-refractivity contribution in [1.82, 2.24) is 5.32 Å². The zero-order valence-corrected chi connectivity index (χ0v) is 10.7. The Kier molecular flexibility index (Phi) is 2.38. The van der Waals surface area contributed by atoms with E-state index < -0.39 is 0 Å². The van der Waals surface area contributed by atoms with Crippen LogP contribution in [-0.2, 0) is 4.74 Å². The van der Waals surface area contributed by atoms with Crippen molar-refractivity contribution in [2.75, 3.05) is 11.9 Å². The van der Waals surface area contributed by atoms with Gasteiger partial charge in [0.25, 0.3) is 5.91 Å². The van der Waals surface area contributed by atoms with Gasteiger partial charge in [-0.05, 0) is 26.0 Å². The number of carbonyl (C=O) groups excluding carboxylic acids is 1. The maximum absolute atomic E-state index is 12.2. The number of amides is 1. The van der Waals surface area contributed by atoms with Crippen LogP contribution in [0.3, 0.4) is 0 Å². The Hall–Kier alpha value is -1.55. The minimum atomic E-state index is -0.368. The highest BCUT2D eigenvalue weighted by Gasteiger charge is 2.44. The lowest BCUT2D eigenvalue weighted by Crippen LogP contribution is -2.63. The van der Waals surface area contributed by atoms with E-state index in [0.717, 1.165) is 18.5 Å². The summed E-state index contributed by atoms with van der Waals surface area (Å²) in [7, 11) is 0. The number of hydrogen-bond acceptors (Lipinski definition) is 3. The number of para-hydroxylation sites is 1. The third-order valence-electron chi connectivity index (χ3n) is 3.65. The molecule has 1 aromatic carbocycles. The molecule has 2 heterocycles. The van der Waals surface area contributed by atoms with E-state index in [4.69, 9.17) is 4.74 Å². The summed E-state index contributed by atoms with van der Waals surface area (Å²) in [4.78, 5) is 12.2. The number of hydrogen-bond donors (Lipinski definition) is 2. The Morgan fingerprint density at radius 2 is 2.00 bits per heavy atom. The van der Waals surface area contributed by atoms with Gasteiger partial charge in [0.05, 0.1) is 17.8 Å². The van der Waals surface area contributed by atoms with Gasteiger partial charge in [-0.1, -0.05) is 12.1 Å². The molecule has 0 aliphatic carbocycles. The summed E-state index contributed by atoms with van der Waals surface area (Å²) in [5, 5.41) is 6.60. The molecule has 0 radical (unpaired) electrons. The number of carbonyl (C=O) groups is 1. The number of rotatable bonds is 0. The molecule has 1 spiro atoms. The number of ether oxygens (including phenoxy) is 1. The molecule has 2 aliphatic rings. The van der Waals surface area contributed by atoms with Crippen LogP contribution >= 0.6 is 0 Å². The average molecular weight is 246 g/mol. The molecule has 18 heavy (non-hydrogen) atoms. The van der Waals surface area contributed by atoms with E-state index in [0.29, 0.717) is 12.2 Å². The SMILES string of the molecule is CC1(C)C[C@@]2(CCO1)NC(=O)c1ccccc1N2. The van der Waals surface area contributed by atoms with E-state index in [9.17, 15) is 4.79 Å². The van der Waals surface area contributed by atoms with Crippen LogP contribution in [-0.4, -0.2) is 23.8 Å². The van der Waals surface area contributed by atoms with Crippen molar-refractivity contribution >= 4 is 11.6 Å². The highest BCUT2D eigenvalue weighted by molar-refractivity contribution is 6.02. The van der Waals surface area contributed by atoms with Gasteiger partial charge >= 0.3 is 0 Å². The lowest BCUT2D eigenvalue weighted by molar-refractivity contribution is -0.0800. The first-order valence-corrected chi connectivity index (χ1v) is 6.33. The quantitative estimate of drug-likeness (QED) is 0.737. The van der Waals surface area contributed by atoms with Crippen molar-refractivity contribution in [2.24, 2.45) is 0 Å². The Morgan fingerprint density at radius 3 is 2.78 bits per heavy atom. The zero-order valence-electron chi connectivity index (χ0n) is 10.7. The minimum absolute atomic E-state index is 0.00190. The van der Waals surface area contributed by atoms with Crippen molar-refractivity contribution < 1.29 is 9.53 Å². The van der Waals surface area contributed by atoms with Gasteiger partial charge in [0.15, 0.2) is 0 Å². The van der Waals surface area contributed by atoms with E-state index in [-0.39, 0.29) is 17.2 Å². The van der Waals surface area contributed by atoms with Crippen LogP contribution in [0.5, 0.6) is 0 Å². The normalized spacial score (nSPS) is 29.3. The molecular formula is C14H18N2O2. The van der Waals surface area contributed by atoms with Gasteiger partial charge in [-0.25, -0.2) is 0 Å². The molecule has 0 aromatic heterocycles. The van der Waals surface area contributed by atoms with E-state index in [2.05, 4.69) is 24.5 Å². The molecule has 0 saturated carbocycles. The molecule has 1 fully saturated rings. The van der Waals surface area contributed by atoms with Crippen LogP contribution in [0.2, 0.25) is 0 Å². The molecule has 0 bridgehead atoms. The summed E-state index contributed by atoms with van der Waals surface area (Å²) >= 11 is 0. The fraction of sp³-hybridized carbons (Fsp3) is 0.500. The van der Waals surface area contributed by atoms with Gasteiger partial charge in [-0.3, -0.25) is 4.79 Å². The van der Waals surface area contributed by atoms with Crippen LogP contribution in [0.15, 0.2) is 24.3 Å². The Morgan fingerprint density at radius 1 is 1.22 bits per heavy atom. The van der Waals surface area contributed by atoms with Crippen molar-refractivity contribution in [3.8, 4) is 0 Å². The summed E-state index contributed by atoms with van der Waals surface area (Å²) in [5.41, 5.74) is 1.05. The van der Waals surface area contributed by atoms with Crippen LogP contribution in [0.4, 0.5) is 5.69 Å². The molecule has 1 atom stereocenters. The molecule has 2 aliphatic heterocycles. The smallest absolute Gasteiger partial charge is 0.255 e. The Labute approximate surface area is 107 Å². The molecule has 2 N–H and O–H groups in total. The van der Waals surface area contributed by atoms with E-state index in [1.165, 1.54) is 0 Å². The number of anilines is 1. The van der Waals surface area contributed by atoms with Crippen LogP contribution < -0.4 is 10.6 Å².